The molecule has 0 saturated heterocycles. The number of nitrogens with one attached hydrogen (secondary N) is 2. The van der Waals surface area contributed by atoms with Gasteiger partial charge in [0.2, 0.25) is 5.91 Å². The number of para-hydroxylation sites is 1. The monoisotopic (exact) mass is 272 g/mol. The van der Waals surface area contributed by atoms with E-state index in [1.54, 1.807) is 17.1 Å². The van der Waals surface area contributed by atoms with Crippen LogP contribution >= 0.6 is 0 Å². The van der Waals surface area contributed by atoms with Crippen LogP contribution in [0.2, 0.25) is 0 Å². The lowest BCUT2D eigenvalue weighted by molar-refractivity contribution is -0.119. The highest BCUT2D eigenvalue weighted by Crippen LogP contribution is 2.16. The van der Waals surface area contributed by atoms with Crippen molar-refractivity contribution in [1.29, 1.82) is 0 Å². The first-order valence-corrected chi connectivity index (χ1v) is 6.81. The molecule has 0 radical (unpaired) electrons. The van der Waals surface area contributed by atoms with Crippen molar-refractivity contribution in [3.63, 3.8) is 0 Å². The summed E-state index contributed by atoms with van der Waals surface area (Å²) in [5, 5.41) is 10.3. The predicted octanol–water partition coefficient (Wildman–Crippen LogP) is 2.19. The molecule has 1 amide bonds. The Labute approximate surface area is 119 Å². The van der Waals surface area contributed by atoms with E-state index >= 15 is 0 Å². The number of carbonyl (C=O) groups is 1. The highest BCUT2D eigenvalue weighted by molar-refractivity contribution is 5.94. The molecular weight excluding hydrogens is 252 g/mol. The van der Waals surface area contributed by atoms with Crippen molar-refractivity contribution < 1.29 is 4.79 Å². The molecule has 2 rings (SSSR count). The zero-order valence-corrected chi connectivity index (χ0v) is 11.8. The number of hydrogen-bond acceptors (Lipinski definition) is 3. The van der Waals surface area contributed by atoms with Crippen molar-refractivity contribution in [3.8, 4) is 0 Å². The molecule has 2 aromatic rings. The molecule has 0 spiro atoms. The Balaban J connectivity index is 2.07. The Morgan fingerprint density at radius 1 is 1.35 bits per heavy atom. The largest absolute Gasteiger partial charge is 0.324 e. The zero-order chi connectivity index (χ0) is 14.4. The average molecular weight is 272 g/mol. The average Bonchev–Trinajstić information content (AvgIpc) is 2.99. The number of benzene rings is 1. The number of amides is 1. The molecule has 1 aromatic heterocycles. The maximum Gasteiger partial charge on any atom is 0.248 e. The minimum Gasteiger partial charge on any atom is -0.324 e. The number of carbonyl (C=O) groups excluding carboxylic acids is 1. The van der Waals surface area contributed by atoms with Crippen molar-refractivity contribution >= 4 is 11.6 Å². The second kappa shape index (κ2) is 6.86. The van der Waals surface area contributed by atoms with Crippen LogP contribution in [0.1, 0.15) is 25.5 Å². The van der Waals surface area contributed by atoms with Crippen LogP contribution in [0.15, 0.2) is 42.7 Å². The van der Waals surface area contributed by atoms with Gasteiger partial charge in [0.1, 0.15) is 6.04 Å². The molecule has 1 unspecified atom stereocenters. The fourth-order valence-electron chi connectivity index (χ4n) is 1.92. The molecule has 0 aliphatic rings. The number of nitrogens with zero attached hydrogens (tertiary/aromatic N) is 2. The summed E-state index contributed by atoms with van der Waals surface area (Å²) in [5.41, 5.74) is 1.92. The summed E-state index contributed by atoms with van der Waals surface area (Å²) in [6.07, 6.45) is 3.46. The molecule has 1 atom stereocenters. The topological polar surface area (TPSA) is 58.9 Å². The van der Waals surface area contributed by atoms with Gasteiger partial charge in [-0.3, -0.25) is 9.48 Å². The second-order valence-electron chi connectivity index (χ2n) is 4.59. The lowest BCUT2D eigenvalue weighted by atomic mass is 10.1. The number of aromatic nitrogens is 2. The predicted molar refractivity (Wildman–Crippen MR) is 79.4 cm³/mol. The summed E-state index contributed by atoms with van der Waals surface area (Å²) in [6.45, 7) is 5.52. The van der Waals surface area contributed by atoms with Crippen LogP contribution in [0.5, 0.6) is 0 Å². The normalized spacial score (nSPS) is 12.1. The lowest BCUT2D eigenvalue weighted by Gasteiger charge is -2.15. The van der Waals surface area contributed by atoms with Gasteiger partial charge in [-0.25, -0.2) is 0 Å². The second-order valence-corrected chi connectivity index (χ2v) is 4.59. The van der Waals surface area contributed by atoms with E-state index in [-0.39, 0.29) is 11.9 Å². The van der Waals surface area contributed by atoms with Crippen LogP contribution in [0.3, 0.4) is 0 Å². The first kappa shape index (κ1) is 14.3. The third-order valence-corrected chi connectivity index (χ3v) is 3.14. The molecule has 0 fully saturated rings. The standard InChI is InChI=1S/C15H20N4O/c1-3-16-11-13-7-4-5-8-14(13)18-15(20)12(2)19-10-6-9-17-19/h4-10,12,16H,3,11H2,1-2H3,(H,18,20). The summed E-state index contributed by atoms with van der Waals surface area (Å²) in [5.74, 6) is -0.0716. The van der Waals surface area contributed by atoms with Gasteiger partial charge < -0.3 is 10.6 Å². The summed E-state index contributed by atoms with van der Waals surface area (Å²) in [7, 11) is 0. The van der Waals surface area contributed by atoms with Gasteiger partial charge in [0.05, 0.1) is 0 Å². The van der Waals surface area contributed by atoms with Gasteiger partial charge in [0.15, 0.2) is 0 Å². The van der Waals surface area contributed by atoms with Crippen molar-refractivity contribution in [3.05, 3.63) is 48.3 Å². The van der Waals surface area contributed by atoms with Gasteiger partial charge in [-0.15, -0.1) is 0 Å². The van der Waals surface area contributed by atoms with Crippen LogP contribution < -0.4 is 10.6 Å². The molecule has 5 nitrogen and oxygen atoms in total. The maximum atomic E-state index is 12.2. The molecule has 0 aliphatic heterocycles. The van der Waals surface area contributed by atoms with Crippen LogP contribution in [0, 0.1) is 0 Å². The molecule has 5 heteroatoms. The number of rotatable bonds is 6. The molecule has 2 N–H and O–H groups in total. The first-order chi connectivity index (χ1) is 9.72. The van der Waals surface area contributed by atoms with Crippen LogP contribution in [0.4, 0.5) is 5.69 Å². The zero-order valence-electron chi connectivity index (χ0n) is 11.8. The fraction of sp³-hybridized carbons (Fsp3) is 0.333. The molecule has 0 bridgehead atoms. The Hall–Kier alpha value is -2.14. The molecule has 106 valence electrons. The summed E-state index contributed by atoms with van der Waals surface area (Å²) < 4.78 is 1.64. The highest BCUT2D eigenvalue weighted by atomic mass is 16.2. The van der Waals surface area contributed by atoms with E-state index in [4.69, 9.17) is 0 Å². The van der Waals surface area contributed by atoms with E-state index in [9.17, 15) is 4.79 Å². The minimum absolute atomic E-state index is 0.0716. The number of anilines is 1. The summed E-state index contributed by atoms with van der Waals surface area (Å²) >= 11 is 0. The van der Waals surface area contributed by atoms with Crippen LogP contribution in [-0.2, 0) is 11.3 Å². The van der Waals surface area contributed by atoms with Gasteiger partial charge in [-0.1, -0.05) is 25.1 Å². The van der Waals surface area contributed by atoms with Gasteiger partial charge >= 0.3 is 0 Å². The van der Waals surface area contributed by atoms with E-state index < -0.39 is 0 Å². The quantitative estimate of drug-likeness (QED) is 0.847. The third-order valence-electron chi connectivity index (χ3n) is 3.14. The van der Waals surface area contributed by atoms with Gasteiger partial charge in [0, 0.05) is 24.6 Å². The first-order valence-electron chi connectivity index (χ1n) is 6.81. The molecule has 1 aromatic carbocycles. The lowest BCUT2D eigenvalue weighted by Crippen LogP contribution is -2.25. The molecular formula is C15H20N4O. The molecule has 1 heterocycles. The Kier molecular flexibility index (Phi) is 4.90. The summed E-state index contributed by atoms with van der Waals surface area (Å²) in [6, 6.07) is 9.29. The van der Waals surface area contributed by atoms with E-state index in [0.717, 1.165) is 24.3 Å². The summed E-state index contributed by atoms with van der Waals surface area (Å²) in [4.78, 5) is 12.2. The van der Waals surface area contributed by atoms with E-state index in [0.29, 0.717) is 0 Å². The minimum atomic E-state index is -0.336. The van der Waals surface area contributed by atoms with E-state index in [1.807, 2.05) is 37.3 Å². The van der Waals surface area contributed by atoms with Crippen molar-refractivity contribution in [2.45, 2.75) is 26.4 Å². The van der Waals surface area contributed by atoms with E-state index in [2.05, 4.69) is 22.7 Å². The van der Waals surface area contributed by atoms with Crippen molar-refractivity contribution in [2.75, 3.05) is 11.9 Å². The van der Waals surface area contributed by atoms with E-state index in [1.165, 1.54) is 0 Å². The molecule has 0 saturated carbocycles. The Morgan fingerprint density at radius 2 is 2.15 bits per heavy atom. The Bertz CT molecular complexity index is 551. The van der Waals surface area contributed by atoms with Crippen molar-refractivity contribution in [1.82, 2.24) is 15.1 Å². The van der Waals surface area contributed by atoms with Crippen LogP contribution in [-0.4, -0.2) is 22.2 Å². The SMILES string of the molecule is CCNCc1ccccc1NC(=O)C(C)n1cccn1. The third kappa shape index (κ3) is 3.45. The van der Waals surface area contributed by atoms with Gasteiger partial charge in [-0.2, -0.15) is 5.10 Å². The highest BCUT2D eigenvalue weighted by Gasteiger charge is 2.16. The number of hydrogen-bond donors (Lipinski definition) is 2. The molecule has 20 heavy (non-hydrogen) atoms. The maximum absolute atomic E-state index is 12.2. The Morgan fingerprint density at radius 3 is 2.85 bits per heavy atom. The van der Waals surface area contributed by atoms with Gasteiger partial charge in [0.25, 0.3) is 0 Å². The molecule has 0 aliphatic carbocycles. The van der Waals surface area contributed by atoms with Crippen molar-refractivity contribution in [2.24, 2.45) is 0 Å². The van der Waals surface area contributed by atoms with Gasteiger partial charge in [-0.05, 0) is 31.2 Å². The van der Waals surface area contributed by atoms with Crippen LogP contribution in [0.25, 0.3) is 0 Å². The fourth-order valence-corrected chi connectivity index (χ4v) is 1.92. The smallest absolute Gasteiger partial charge is 0.248 e.